The van der Waals surface area contributed by atoms with Crippen LogP contribution in [0.4, 0.5) is 10.2 Å². The monoisotopic (exact) mass is 593 g/mol. The summed E-state index contributed by atoms with van der Waals surface area (Å²) in [6, 6.07) is 3.65. The van der Waals surface area contributed by atoms with Crippen LogP contribution in [0.25, 0.3) is 4.96 Å². The van der Waals surface area contributed by atoms with Crippen LogP contribution < -0.4 is 9.04 Å². The van der Waals surface area contributed by atoms with Crippen molar-refractivity contribution >= 4 is 50.4 Å². The van der Waals surface area contributed by atoms with Crippen molar-refractivity contribution in [3.05, 3.63) is 63.0 Å². The Labute approximate surface area is 233 Å². The number of aryl methyl sites for hydroxylation is 2. The van der Waals surface area contributed by atoms with Gasteiger partial charge in [0.05, 0.1) is 17.1 Å². The molecular weight excluding hydrogens is 569 g/mol. The quantitative estimate of drug-likeness (QED) is 0.323. The molecule has 0 bridgehead atoms. The van der Waals surface area contributed by atoms with Crippen molar-refractivity contribution in [3.63, 3.8) is 0 Å². The lowest BCUT2D eigenvalue weighted by atomic mass is 9.98. The smallest absolute Gasteiger partial charge is 0.261 e. The molecule has 0 saturated carbocycles. The van der Waals surface area contributed by atoms with Crippen LogP contribution in [0.5, 0.6) is 5.75 Å². The van der Waals surface area contributed by atoms with Crippen LogP contribution in [0, 0.1) is 19.7 Å². The third-order valence-corrected chi connectivity index (χ3v) is 9.71. The maximum absolute atomic E-state index is 15.3. The number of carbonyl (C=O) groups is 1. The van der Waals surface area contributed by atoms with E-state index in [2.05, 4.69) is 20.1 Å². The average molecular weight is 594 g/mol. The number of pyridine rings is 2. The van der Waals surface area contributed by atoms with Gasteiger partial charge in [-0.05, 0) is 44.0 Å². The van der Waals surface area contributed by atoms with Gasteiger partial charge in [-0.2, -0.15) is 5.10 Å². The zero-order chi connectivity index (χ0) is 27.5. The molecule has 2 aliphatic rings. The van der Waals surface area contributed by atoms with Gasteiger partial charge in [0.25, 0.3) is 5.91 Å². The number of aromatic nitrogens is 5. The van der Waals surface area contributed by atoms with E-state index >= 15 is 4.39 Å². The molecule has 6 rings (SSSR count). The second kappa shape index (κ2) is 9.86. The fourth-order valence-corrected chi connectivity index (χ4v) is 7.49. The number of ether oxygens (including phenoxy) is 1. The van der Waals surface area contributed by atoms with Crippen molar-refractivity contribution in [1.82, 2.24) is 29.5 Å². The van der Waals surface area contributed by atoms with Crippen LogP contribution in [0.1, 0.15) is 40.1 Å². The topological polar surface area (TPSA) is 129 Å². The average Bonchev–Trinajstić information content (AvgIpc) is 3.53. The van der Waals surface area contributed by atoms with E-state index in [0.29, 0.717) is 41.4 Å². The Bertz CT molecular complexity index is 1600. The molecule has 4 aromatic heterocycles. The molecule has 1 amide bonds. The molecule has 2 N–H and O–H groups in total. The van der Waals surface area contributed by atoms with Crippen LogP contribution in [-0.4, -0.2) is 69.9 Å². The molecule has 2 aliphatic heterocycles. The van der Waals surface area contributed by atoms with Gasteiger partial charge in [0.1, 0.15) is 28.4 Å². The van der Waals surface area contributed by atoms with E-state index in [4.69, 9.17) is 16.3 Å². The summed E-state index contributed by atoms with van der Waals surface area (Å²) >= 11 is 7.75. The van der Waals surface area contributed by atoms with Gasteiger partial charge in [-0.1, -0.05) is 22.9 Å². The van der Waals surface area contributed by atoms with Gasteiger partial charge in [0.15, 0.2) is 17.5 Å². The number of imidazole rings is 1. The van der Waals surface area contributed by atoms with E-state index < -0.39 is 28.5 Å². The minimum atomic E-state index is -2.92. The Kier molecular flexibility index (Phi) is 6.62. The first-order valence-corrected chi connectivity index (χ1v) is 15.1. The van der Waals surface area contributed by atoms with Crippen molar-refractivity contribution in [2.45, 2.75) is 32.7 Å². The normalized spacial score (nSPS) is 19.4. The SMILES string of the molecule is Cc1cnc([C@@H]2c3c(nc4sc(C)nn34)CCN2C(=O)COc2ccc(N3CCCS3(O)O)nc2Cl)c(F)c1. The lowest BCUT2D eigenvalue weighted by Crippen LogP contribution is -2.44. The maximum atomic E-state index is 15.3. The second-order valence-electron chi connectivity index (χ2n) is 9.42. The van der Waals surface area contributed by atoms with Crippen molar-refractivity contribution < 1.29 is 23.0 Å². The van der Waals surface area contributed by atoms with Crippen molar-refractivity contribution in [3.8, 4) is 5.75 Å². The highest BCUT2D eigenvalue weighted by molar-refractivity contribution is 8.25. The first kappa shape index (κ1) is 26.2. The summed E-state index contributed by atoms with van der Waals surface area (Å²) in [5, 5.41) is 5.33. The number of hydrogen-bond donors (Lipinski definition) is 2. The number of rotatable bonds is 5. The zero-order valence-electron chi connectivity index (χ0n) is 21.0. The van der Waals surface area contributed by atoms with Crippen LogP contribution in [-0.2, 0) is 11.2 Å². The standard InChI is InChI=1S/C24H25ClFN7O4S2/c1-13-10-15(26)20(27-11-13)22-21-16(28-24-33(21)30-14(2)38-24)6-8-31(22)19(34)12-37-17-4-5-18(29-23(17)25)32-7-3-9-39(32,35)36/h4-5,10-11,22,35-36H,3,6-9,12H2,1-2H3/t22-/m1/s1. The molecule has 0 aromatic carbocycles. The highest BCUT2D eigenvalue weighted by Gasteiger charge is 2.39. The molecule has 0 aliphatic carbocycles. The summed E-state index contributed by atoms with van der Waals surface area (Å²) < 4.78 is 44.5. The van der Waals surface area contributed by atoms with E-state index in [1.165, 1.54) is 32.7 Å². The molecule has 11 nitrogen and oxygen atoms in total. The summed E-state index contributed by atoms with van der Waals surface area (Å²) in [5.41, 5.74) is 2.13. The number of hydrogen-bond acceptors (Lipinski definition) is 10. The third-order valence-electron chi connectivity index (χ3n) is 6.70. The summed E-state index contributed by atoms with van der Waals surface area (Å²) in [4.78, 5) is 29.0. The molecule has 4 aromatic rings. The van der Waals surface area contributed by atoms with Crippen LogP contribution in [0.2, 0.25) is 5.15 Å². The van der Waals surface area contributed by atoms with E-state index in [1.807, 2.05) is 6.92 Å². The van der Waals surface area contributed by atoms with Crippen LogP contribution >= 0.6 is 33.7 Å². The fraction of sp³-hybridized carbons (Fsp3) is 0.375. The van der Waals surface area contributed by atoms with Gasteiger partial charge in [-0.3, -0.25) is 23.2 Å². The molecule has 15 heteroatoms. The zero-order valence-corrected chi connectivity index (χ0v) is 23.4. The summed E-state index contributed by atoms with van der Waals surface area (Å²) in [6.07, 6.45) is 2.67. The second-order valence-corrected chi connectivity index (χ2v) is 13.0. The molecule has 206 valence electrons. The van der Waals surface area contributed by atoms with Crippen LogP contribution in [0.15, 0.2) is 24.4 Å². The van der Waals surface area contributed by atoms with Crippen molar-refractivity contribution in [1.29, 1.82) is 0 Å². The first-order valence-electron chi connectivity index (χ1n) is 12.2. The maximum Gasteiger partial charge on any atom is 0.261 e. The first-order chi connectivity index (χ1) is 18.6. The lowest BCUT2D eigenvalue weighted by molar-refractivity contribution is -0.135. The van der Waals surface area contributed by atoms with Crippen molar-refractivity contribution in [2.24, 2.45) is 0 Å². The summed E-state index contributed by atoms with van der Waals surface area (Å²) in [6.45, 7) is 3.97. The van der Waals surface area contributed by atoms with Gasteiger partial charge in [-0.25, -0.2) is 18.9 Å². The Morgan fingerprint density at radius 3 is 2.82 bits per heavy atom. The predicted octanol–water partition coefficient (Wildman–Crippen LogP) is 4.42. The molecule has 0 radical (unpaired) electrons. The number of amides is 1. The molecule has 0 spiro atoms. The number of anilines is 1. The van der Waals surface area contributed by atoms with E-state index in [0.717, 1.165) is 10.7 Å². The number of halogens is 2. The van der Waals surface area contributed by atoms with Gasteiger partial charge < -0.3 is 9.64 Å². The highest BCUT2D eigenvalue weighted by atomic mass is 35.5. The van der Waals surface area contributed by atoms with E-state index in [9.17, 15) is 13.9 Å². The molecule has 6 heterocycles. The molecule has 39 heavy (non-hydrogen) atoms. The minimum Gasteiger partial charge on any atom is -0.481 e. The Morgan fingerprint density at radius 2 is 2.10 bits per heavy atom. The largest absolute Gasteiger partial charge is 0.481 e. The molecular formula is C24H25ClFN7O4S2. The number of carbonyl (C=O) groups excluding carboxylic acids is 1. The highest BCUT2D eigenvalue weighted by Crippen LogP contribution is 2.50. The minimum absolute atomic E-state index is 0.0124. The Hall–Kier alpha value is -3.04. The summed E-state index contributed by atoms with van der Waals surface area (Å²) in [7, 11) is -2.92. The van der Waals surface area contributed by atoms with Crippen LogP contribution in [0.3, 0.4) is 0 Å². The Balaban J connectivity index is 1.28. The van der Waals surface area contributed by atoms with Gasteiger partial charge in [0, 0.05) is 25.7 Å². The Morgan fingerprint density at radius 1 is 1.28 bits per heavy atom. The molecule has 1 saturated heterocycles. The van der Waals surface area contributed by atoms with Gasteiger partial charge >= 0.3 is 0 Å². The third kappa shape index (κ3) is 4.69. The molecule has 1 fully saturated rings. The van der Waals surface area contributed by atoms with Crippen molar-refractivity contribution in [2.75, 3.05) is 29.8 Å². The van der Waals surface area contributed by atoms with E-state index in [-0.39, 0.29) is 35.5 Å². The lowest BCUT2D eigenvalue weighted by Gasteiger charge is -2.37. The number of fused-ring (bicyclic) bond motifs is 3. The van der Waals surface area contributed by atoms with Gasteiger partial charge in [0.2, 0.25) is 4.96 Å². The van der Waals surface area contributed by atoms with Gasteiger partial charge in [-0.15, -0.1) is 10.8 Å². The molecule has 0 unspecified atom stereocenters. The molecule has 1 atom stereocenters. The number of nitrogens with zero attached hydrogens (tertiary/aromatic N) is 7. The summed E-state index contributed by atoms with van der Waals surface area (Å²) in [5.74, 6) is -0.158. The van der Waals surface area contributed by atoms with E-state index in [1.54, 1.807) is 23.7 Å². The fourth-order valence-electron chi connectivity index (χ4n) is 4.96. The predicted molar refractivity (Wildman–Crippen MR) is 146 cm³/mol.